The monoisotopic (exact) mass is 224 g/mol. The highest BCUT2D eigenvalue weighted by Crippen LogP contribution is 2.28. The van der Waals surface area contributed by atoms with Crippen LogP contribution in [0.25, 0.3) is 0 Å². The second-order valence-electron chi connectivity index (χ2n) is 4.08. The van der Waals surface area contributed by atoms with Gasteiger partial charge in [-0.3, -0.25) is 4.79 Å². The third-order valence-electron chi connectivity index (χ3n) is 3.15. The van der Waals surface area contributed by atoms with E-state index in [1.54, 1.807) is 6.92 Å². The zero-order valence-corrected chi connectivity index (χ0v) is 10.3. The number of halogens is 1. The number of carbonyl (C=O) groups is 1. The average Bonchev–Trinajstić information content (AvgIpc) is 2.24. The maximum Gasteiger partial charge on any atom is 0.312 e. The van der Waals surface area contributed by atoms with Crippen molar-refractivity contribution in [3.8, 4) is 0 Å². The van der Waals surface area contributed by atoms with Crippen molar-refractivity contribution in [3.05, 3.63) is 34.1 Å². The predicted octanol–water partition coefficient (Wildman–Crippen LogP) is 3.03. The van der Waals surface area contributed by atoms with Crippen LogP contribution in [0.4, 0.5) is 4.39 Å². The Hall–Kier alpha value is -1.38. The Bertz CT molecular complexity index is 424. The maximum absolute atomic E-state index is 13.8. The quantitative estimate of drug-likeness (QED) is 0.722. The van der Waals surface area contributed by atoms with Gasteiger partial charge in [-0.25, -0.2) is 4.39 Å². The molecule has 1 unspecified atom stereocenters. The van der Waals surface area contributed by atoms with Gasteiger partial charge >= 0.3 is 5.97 Å². The van der Waals surface area contributed by atoms with Crippen LogP contribution in [-0.4, -0.2) is 13.1 Å². The molecule has 0 aliphatic rings. The lowest BCUT2D eigenvalue weighted by Gasteiger charge is -2.17. The summed E-state index contributed by atoms with van der Waals surface area (Å²) in [7, 11) is 1.31. The van der Waals surface area contributed by atoms with Gasteiger partial charge in [-0.05, 0) is 50.5 Å². The van der Waals surface area contributed by atoms with Gasteiger partial charge in [-0.2, -0.15) is 0 Å². The van der Waals surface area contributed by atoms with Crippen molar-refractivity contribution in [1.29, 1.82) is 0 Å². The average molecular weight is 224 g/mol. The van der Waals surface area contributed by atoms with Crippen LogP contribution in [-0.2, 0) is 9.53 Å². The normalized spacial score (nSPS) is 12.4. The van der Waals surface area contributed by atoms with E-state index in [1.807, 2.05) is 20.8 Å². The molecular weight excluding hydrogens is 207 g/mol. The van der Waals surface area contributed by atoms with E-state index >= 15 is 0 Å². The SMILES string of the molecule is COC(=O)C(C)c1c(F)cc(C)c(C)c1C. The lowest BCUT2D eigenvalue weighted by atomic mass is 9.90. The van der Waals surface area contributed by atoms with Gasteiger partial charge in [-0.15, -0.1) is 0 Å². The largest absolute Gasteiger partial charge is 0.469 e. The number of carbonyl (C=O) groups excluding carboxylic acids is 1. The van der Waals surface area contributed by atoms with E-state index in [-0.39, 0.29) is 5.82 Å². The molecule has 0 heterocycles. The van der Waals surface area contributed by atoms with Crippen molar-refractivity contribution < 1.29 is 13.9 Å². The van der Waals surface area contributed by atoms with Gasteiger partial charge in [0.1, 0.15) is 5.82 Å². The first-order valence-electron chi connectivity index (χ1n) is 5.24. The van der Waals surface area contributed by atoms with Gasteiger partial charge in [0.25, 0.3) is 0 Å². The van der Waals surface area contributed by atoms with Crippen molar-refractivity contribution in [3.63, 3.8) is 0 Å². The summed E-state index contributed by atoms with van der Waals surface area (Å²) in [6, 6.07) is 1.47. The van der Waals surface area contributed by atoms with E-state index in [2.05, 4.69) is 4.74 Å². The van der Waals surface area contributed by atoms with Crippen LogP contribution >= 0.6 is 0 Å². The van der Waals surface area contributed by atoms with Crippen LogP contribution in [0.3, 0.4) is 0 Å². The molecule has 1 rings (SSSR count). The molecule has 0 bridgehead atoms. The van der Waals surface area contributed by atoms with E-state index < -0.39 is 11.9 Å². The number of methoxy groups -OCH3 is 1. The molecule has 88 valence electrons. The number of aryl methyl sites for hydroxylation is 1. The van der Waals surface area contributed by atoms with Gasteiger partial charge in [0.2, 0.25) is 0 Å². The third kappa shape index (κ3) is 2.08. The molecule has 1 aromatic carbocycles. The van der Waals surface area contributed by atoms with Gasteiger partial charge < -0.3 is 4.74 Å². The van der Waals surface area contributed by atoms with Gasteiger partial charge in [0.05, 0.1) is 13.0 Å². The molecule has 1 atom stereocenters. The number of rotatable bonds is 2. The number of ether oxygens (including phenoxy) is 1. The summed E-state index contributed by atoms with van der Waals surface area (Å²) in [6.45, 7) is 7.28. The smallest absolute Gasteiger partial charge is 0.312 e. The molecular formula is C13H17FO2. The number of benzene rings is 1. The van der Waals surface area contributed by atoms with E-state index in [0.29, 0.717) is 5.56 Å². The van der Waals surface area contributed by atoms with Crippen LogP contribution < -0.4 is 0 Å². The molecule has 0 radical (unpaired) electrons. The number of esters is 1. The molecule has 0 saturated carbocycles. The van der Waals surface area contributed by atoms with Crippen molar-refractivity contribution in [2.75, 3.05) is 7.11 Å². The summed E-state index contributed by atoms with van der Waals surface area (Å²) in [5, 5.41) is 0. The van der Waals surface area contributed by atoms with Crippen molar-refractivity contribution in [1.82, 2.24) is 0 Å². The summed E-state index contributed by atoms with van der Waals surface area (Å²) in [4.78, 5) is 11.4. The third-order valence-corrected chi connectivity index (χ3v) is 3.15. The van der Waals surface area contributed by atoms with Crippen LogP contribution in [0.15, 0.2) is 6.07 Å². The van der Waals surface area contributed by atoms with Crippen LogP contribution in [0.2, 0.25) is 0 Å². The molecule has 0 N–H and O–H groups in total. The number of hydrogen-bond donors (Lipinski definition) is 0. The molecule has 3 heteroatoms. The minimum Gasteiger partial charge on any atom is -0.469 e. The zero-order chi connectivity index (χ0) is 12.5. The second kappa shape index (κ2) is 4.64. The zero-order valence-electron chi connectivity index (χ0n) is 10.3. The Morgan fingerprint density at radius 2 is 1.88 bits per heavy atom. The van der Waals surface area contributed by atoms with Crippen molar-refractivity contribution >= 4 is 5.97 Å². The first-order valence-corrected chi connectivity index (χ1v) is 5.24. The van der Waals surface area contributed by atoms with E-state index in [9.17, 15) is 9.18 Å². The first-order chi connectivity index (χ1) is 7.40. The highest BCUT2D eigenvalue weighted by molar-refractivity contribution is 5.78. The number of hydrogen-bond acceptors (Lipinski definition) is 2. The Balaban J connectivity index is 3.34. The molecule has 0 aliphatic carbocycles. The van der Waals surface area contributed by atoms with Crippen LogP contribution in [0, 0.1) is 26.6 Å². The van der Waals surface area contributed by atoms with Gasteiger partial charge in [-0.1, -0.05) is 0 Å². The van der Waals surface area contributed by atoms with E-state index in [4.69, 9.17) is 0 Å². The summed E-state index contributed by atoms with van der Waals surface area (Å²) >= 11 is 0. The predicted molar refractivity (Wildman–Crippen MR) is 61.0 cm³/mol. The van der Waals surface area contributed by atoms with Crippen LogP contribution in [0.1, 0.15) is 35.1 Å². The molecule has 0 aliphatic heterocycles. The maximum atomic E-state index is 13.8. The summed E-state index contributed by atoms with van der Waals surface area (Å²) in [6.07, 6.45) is 0. The molecule has 1 aromatic rings. The molecule has 0 fully saturated rings. The molecule has 0 aromatic heterocycles. The molecule has 2 nitrogen and oxygen atoms in total. The van der Waals surface area contributed by atoms with Crippen LogP contribution in [0.5, 0.6) is 0 Å². The highest BCUT2D eigenvalue weighted by Gasteiger charge is 2.23. The molecule has 0 saturated heterocycles. The summed E-state index contributed by atoms with van der Waals surface area (Å²) in [5.41, 5.74) is 3.19. The van der Waals surface area contributed by atoms with Crippen molar-refractivity contribution in [2.24, 2.45) is 0 Å². The Morgan fingerprint density at radius 1 is 1.31 bits per heavy atom. The fraction of sp³-hybridized carbons (Fsp3) is 0.462. The molecule has 16 heavy (non-hydrogen) atoms. The van der Waals surface area contributed by atoms with Crippen molar-refractivity contribution in [2.45, 2.75) is 33.6 Å². The lowest BCUT2D eigenvalue weighted by molar-refractivity contribution is -0.142. The van der Waals surface area contributed by atoms with Gasteiger partial charge in [0.15, 0.2) is 0 Å². The summed E-state index contributed by atoms with van der Waals surface area (Å²) < 4.78 is 18.5. The fourth-order valence-corrected chi connectivity index (χ4v) is 1.88. The minimum absolute atomic E-state index is 0.335. The second-order valence-corrected chi connectivity index (χ2v) is 4.08. The van der Waals surface area contributed by atoms with E-state index in [0.717, 1.165) is 16.7 Å². The Labute approximate surface area is 95.4 Å². The fourth-order valence-electron chi connectivity index (χ4n) is 1.88. The topological polar surface area (TPSA) is 26.3 Å². The Morgan fingerprint density at radius 3 is 2.38 bits per heavy atom. The first kappa shape index (κ1) is 12.7. The van der Waals surface area contributed by atoms with E-state index in [1.165, 1.54) is 13.2 Å². The summed E-state index contributed by atoms with van der Waals surface area (Å²) in [5.74, 6) is -1.31. The standard InChI is InChI=1S/C13H17FO2/c1-7-6-11(14)12(9(3)8(7)2)10(4)13(15)16-5/h6,10H,1-5H3. The van der Waals surface area contributed by atoms with Gasteiger partial charge in [0, 0.05) is 5.56 Å². The molecule has 0 spiro atoms. The lowest BCUT2D eigenvalue weighted by Crippen LogP contribution is -2.14. The minimum atomic E-state index is -0.565. The molecule has 0 amide bonds. The highest BCUT2D eigenvalue weighted by atomic mass is 19.1. The Kier molecular flexibility index (Phi) is 3.68.